The zero-order valence-electron chi connectivity index (χ0n) is 15.8. The molecule has 1 aromatic carbocycles. The van der Waals surface area contributed by atoms with Crippen molar-refractivity contribution in [2.75, 3.05) is 12.4 Å². The van der Waals surface area contributed by atoms with Gasteiger partial charge in [0.2, 0.25) is 5.91 Å². The number of ether oxygens (including phenoxy) is 1. The summed E-state index contributed by atoms with van der Waals surface area (Å²) in [5, 5.41) is 4.07. The molecule has 148 valence electrons. The van der Waals surface area contributed by atoms with Gasteiger partial charge in [0.05, 0.1) is 34.0 Å². The Balaban J connectivity index is 1.60. The standard InChI is InChI=1S/C19H16N4O4S2/c1-9-15-17(29-16(9)19(26)27-3)20-8-23(18(15)25)7-14(24)22-11-4-5-12-13(6-11)28-10(2)21-12/h4-6,8H,7H2,1-3H3,(H,22,24). The van der Waals surface area contributed by atoms with Gasteiger partial charge in [-0.15, -0.1) is 22.7 Å². The van der Waals surface area contributed by atoms with E-state index in [-0.39, 0.29) is 18.0 Å². The predicted molar refractivity (Wildman–Crippen MR) is 113 cm³/mol. The maximum atomic E-state index is 12.8. The summed E-state index contributed by atoms with van der Waals surface area (Å²) in [4.78, 5) is 46.6. The minimum Gasteiger partial charge on any atom is -0.465 e. The molecule has 0 aliphatic heterocycles. The van der Waals surface area contributed by atoms with Crippen LogP contribution in [0.2, 0.25) is 0 Å². The third kappa shape index (κ3) is 3.52. The number of anilines is 1. The van der Waals surface area contributed by atoms with Crippen molar-refractivity contribution in [2.24, 2.45) is 0 Å². The lowest BCUT2D eigenvalue weighted by Crippen LogP contribution is -2.27. The van der Waals surface area contributed by atoms with Crippen molar-refractivity contribution in [3.05, 3.63) is 50.3 Å². The van der Waals surface area contributed by atoms with Crippen LogP contribution in [0.25, 0.3) is 20.4 Å². The molecule has 0 spiro atoms. The van der Waals surface area contributed by atoms with E-state index >= 15 is 0 Å². The van der Waals surface area contributed by atoms with Crippen molar-refractivity contribution < 1.29 is 14.3 Å². The van der Waals surface area contributed by atoms with Gasteiger partial charge < -0.3 is 10.1 Å². The molecule has 0 bridgehead atoms. The maximum absolute atomic E-state index is 12.8. The number of amides is 1. The quantitative estimate of drug-likeness (QED) is 0.501. The molecule has 0 saturated heterocycles. The molecule has 0 aliphatic rings. The van der Waals surface area contributed by atoms with Crippen LogP contribution in [-0.4, -0.2) is 33.5 Å². The average molecular weight is 428 g/mol. The highest BCUT2D eigenvalue weighted by molar-refractivity contribution is 7.20. The summed E-state index contributed by atoms with van der Waals surface area (Å²) in [7, 11) is 1.28. The fraction of sp³-hybridized carbons (Fsp3) is 0.211. The van der Waals surface area contributed by atoms with Crippen molar-refractivity contribution >= 4 is 60.7 Å². The van der Waals surface area contributed by atoms with E-state index in [9.17, 15) is 14.4 Å². The monoisotopic (exact) mass is 428 g/mol. The van der Waals surface area contributed by atoms with Crippen LogP contribution >= 0.6 is 22.7 Å². The number of rotatable bonds is 4. The molecule has 1 N–H and O–H groups in total. The molecular weight excluding hydrogens is 412 g/mol. The SMILES string of the molecule is COC(=O)c1sc2ncn(CC(=O)Nc3ccc4nc(C)sc4c3)c(=O)c2c1C. The van der Waals surface area contributed by atoms with Crippen molar-refractivity contribution in [3.63, 3.8) is 0 Å². The molecule has 0 saturated carbocycles. The lowest BCUT2D eigenvalue weighted by Gasteiger charge is -2.07. The minimum atomic E-state index is -0.511. The Hall–Kier alpha value is -3.11. The van der Waals surface area contributed by atoms with E-state index in [1.54, 1.807) is 24.3 Å². The Morgan fingerprint density at radius 2 is 2.03 bits per heavy atom. The Kier molecular flexibility index (Phi) is 4.89. The van der Waals surface area contributed by atoms with Gasteiger partial charge in [-0.1, -0.05) is 0 Å². The molecule has 4 rings (SSSR count). The third-order valence-corrected chi connectivity index (χ3v) is 6.49. The van der Waals surface area contributed by atoms with Crippen LogP contribution in [0, 0.1) is 13.8 Å². The van der Waals surface area contributed by atoms with E-state index in [1.165, 1.54) is 18.0 Å². The van der Waals surface area contributed by atoms with Crippen LogP contribution in [0.1, 0.15) is 20.2 Å². The second-order valence-corrected chi connectivity index (χ2v) is 8.60. The molecule has 3 aromatic heterocycles. The molecule has 0 atom stereocenters. The van der Waals surface area contributed by atoms with Crippen LogP contribution < -0.4 is 10.9 Å². The summed E-state index contributed by atoms with van der Waals surface area (Å²) in [6.07, 6.45) is 1.32. The molecule has 0 radical (unpaired) electrons. The number of thiophene rings is 1. The number of hydrogen-bond acceptors (Lipinski definition) is 8. The zero-order valence-corrected chi connectivity index (χ0v) is 17.4. The third-order valence-electron chi connectivity index (χ3n) is 4.38. The number of thiazole rings is 1. The number of nitrogens with zero attached hydrogens (tertiary/aromatic N) is 3. The second kappa shape index (κ2) is 7.37. The van der Waals surface area contributed by atoms with E-state index in [0.717, 1.165) is 26.6 Å². The molecule has 1 amide bonds. The van der Waals surface area contributed by atoms with E-state index in [0.29, 0.717) is 26.3 Å². The highest BCUT2D eigenvalue weighted by atomic mass is 32.1. The Bertz CT molecular complexity index is 1340. The summed E-state index contributed by atoms with van der Waals surface area (Å²) in [6.45, 7) is 3.41. The Labute approximate surface area is 172 Å². The van der Waals surface area contributed by atoms with Crippen LogP contribution in [0.3, 0.4) is 0 Å². The van der Waals surface area contributed by atoms with Gasteiger partial charge in [-0.05, 0) is 37.6 Å². The van der Waals surface area contributed by atoms with Gasteiger partial charge in [-0.3, -0.25) is 14.2 Å². The number of methoxy groups -OCH3 is 1. The number of aromatic nitrogens is 3. The summed E-state index contributed by atoms with van der Waals surface area (Å²) in [5.74, 6) is -0.863. The number of benzene rings is 1. The predicted octanol–water partition coefficient (Wildman–Crippen LogP) is 3.11. The summed E-state index contributed by atoms with van der Waals surface area (Å²) < 4.78 is 6.95. The fourth-order valence-electron chi connectivity index (χ4n) is 3.03. The van der Waals surface area contributed by atoms with E-state index < -0.39 is 5.97 Å². The number of nitrogens with one attached hydrogen (secondary N) is 1. The molecule has 29 heavy (non-hydrogen) atoms. The molecule has 4 aromatic rings. The van der Waals surface area contributed by atoms with Crippen LogP contribution in [-0.2, 0) is 16.1 Å². The highest BCUT2D eigenvalue weighted by Crippen LogP contribution is 2.27. The first-order valence-electron chi connectivity index (χ1n) is 8.61. The normalized spacial score (nSPS) is 11.1. The second-order valence-electron chi connectivity index (χ2n) is 6.37. The number of hydrogen-bond donors (Lipinski definition) is 1. The van der Waals surface area contributed by atoms with Gasteiger partial charge in [-0.25, -0.2) is 14.8 Å². The molecule has 0 unspecified atom stereocenters. The Morgan fingerprint density at radius 3 is 2.79 bits per heavy atom. The van der Waals surface area contributed by atoms with Gasteiger partial charge in [0, 0.05) is 5.69 Å². The first-order valence-corrected chi connectivity index (χ1v) is 10.2. The van der Waals surface area contributed by atoms with Crippen molar-refractivity contribution in [3.8, 4) is 0 Å². The van der Waals surface area contributed by atoms with Gasteiger partial charge in [0.15, 0.2) is 0 Å². The molecule has 0 fully saturated rings. The van der Waals surface area contributed by atoms with Gasteiger partial charge in [0.25, 0.3) is 5.56 Å². The molecular formula is C19H16N4O4S2. The van der Waals surface area contributed by atoms with Crippen LogP contribution in [0.4, 0.5) is 5.69 Å². The van der Waals surface area contributed by atoms with Gasteiger partial charge in [-0.2, -0.15) is 0 Å². The number of carbonyl (C=O) groups excluding carboxylic acids is 2. The average Bonchev–Trinajstić information content (AvgIpc) is 3.22. The number of esters is 1. The number of fused-ring (bicyclic) bond motifs is 2. The molecule has 3 heterocycles. The fourth-order valence-corrected chi connectivity index (χ4v) is 4.96. The van der Waals surface area contributed by atoms with E-state index in [1.807, 2.05) is 19.1 Å². The first-order chi connectivity index (χ1) is 13.9. The van der Waals surface area contributed by atoms with Gasteiger partial charge >= 0.3 is 5.97 Å². The van der Waals surface area contributed by atoms with Crippen molar-refractivity contribution in [1.82, 2.24) is 14.5 Å². The van der Waals surface area contributed by atoms with Crippen LogP contribution in [0.15, 0.2) is 29.3 Å². The smallest absolute Gasteiger partial charge is 0.348 e. The number of carbonyl (C=O) groups is 2. The topological polar surface area (TPSA) is 103 Å². The van der Waals surface area contributed by atoms with E-state index in [2.05, 4.69) is 15.3 Å². The molecule has 0 aliphatic carbocycles. The van der Waals surface area contributed by atoms with E-state index in [4.69, 9.17) is 4.74 Å². The summed E-state index contributed by atoms with van der Waals surface area (Å²) in [5.41, 5.74) is 1.65. The Morgan fingerprint density at radius 1 is 1.24 bits per heavy atom. The maximum Gasteiger partial charge on any atom is 0.348 e. The summed E-state index contributed by atoms with van der Waals surface area (Å²) in [6, 6.07) is 5.47. The number of aryl methyl sites for hydroxylation is 2. The van der Waals surface area contributed by atoms with Crippen molar-refractivity contribution in [1.29, 1.82) is 0 Å². The lowest BCUT2D eigenvalue weighted by atomic mass is 10.2. The molecule has 10 heteroatoms. The molecule has 8 nitrogen and oxygen atoms in total. The zero-order chi connectivity index (χ0) is 20.7. The minimum absolute atomic E-state index is 0.190. The summed E-state index contributed by atoms with van der Waals surface area (Å²) >= 11 is 2.64. The van der Waals surface area contributed by atoms with Crippen LogP contribution in [0.5, 0.6) is 0 Å². The highest BCUT2D eigenvalue weighted by Gasteiger charge is 2.20. The lowest BCUT2D eigenvalue weighted by molar-refractivity contribution is -0.116. The largest absolute Gasteiger partial charge is 0.465 e. The van der Waals surface area contributed by atoms with Crippen molar-refractivity contribution in [2.45, 2.75) is 20.4 Å². The first kappa shape index (κ1) is 19.2. The van der Waals surface area contributed by atoms with Gasteiger partial charge in [0.1, 0.15) is 16.3 Å².